The molecule has 1 aromatic carbocycles. The molecule has 104 valence electrons. The molecule has 1 saturated heterocycles. The first kappa shape index (κ1) is 13.8. The van der Waals surface area contributed by atoms with Crippen molar-refractivity contribution in [2.45, 2.75) is 6.92 Å². The van der Waals surface area contributed by atoms with Crippen molar-refractivity contribution in [3.63, 3.8) is 0 Å². The fourth-order valence-corrected chi connectivity index (χ4v) is 2.12. The zero-order chi connectivity index (χ0) is 13.7. The van der Waals surface area contributed by atoms with Crippen LogP contribution in [-0.2, 0) is 4.74 Å². The number of morpholine rings is 1. The van der Waals surface area contributed by atoms with Crippen molar-refractivity contribution in [3.05, 3.63) is 29.3 Å². The SMILES string of the molecule is Cc1c(O)cccc1C(=O)NCCN1CCOCC1. The predicted molar refractivity (Wildman–Crippen MR) is 72.4 cm³/mol. The maximum atomic E-state index is 12.0. The van der Waals surface area contributed by atoms with Gasteiger partial charge in [0.25, 0.3) is 5.91 Å². The third-order valence-corrected chi connectivity index (χ3v) is 3.37. The molecule has 1 amide bonds. The topological polar surface area (TPSA) is 61.8 Å². The summed E-state index contributed by atoms with van der Waals surface area (Å²) in [4.78, 5) is 14.3. The standard InChI is InChI=1S/C14H20N2O3/c1-11-12(3-2-4-13(11)17)14(18)15-5-6-16-7-9-19-10-8-16/h2-4,17H,5-10H2,1H3,(H,15,18). The van der Waals surface area contributed by atoms with Crippen LogP contribution in [0, 0.1) is 6.92 Å². The second-order valence-corrected chi connectivity index (χ2v) is 4.66. The predicted octanol–water partition coefficient (Wildman–Crippen LogP) is 0.763. The second-order valence-electron chi connectivity index (χ2n) is 4.66. The fraction of sp³-hybridized carbons (Fsp3) is 0.500. The summed E-state index contributed by atoms with van der Waals surface area (Å²) in [7, 11) is 0. The van der Waals surface area contributed by atoms with Gasteiger partial charge in [0.15, 0.2) is 0 Å². The van der Waals surface area contributed by atoms with Gasteiger partial charge in [-0.1, -0.05) is 6.07 Å². The Bertz CT molecular complexity index is 442. The third kappa shape index (κ3) is 3.68. The van der Waals surface area contributed by atoms with E-state index in [1.165, 1.54) is 0 Å². The highest BCUT2D eigenvalue weighted by Crippen LogP contribution is 2.19. The number of phenolic OH excluding ortho intramolecular Hbond substituents is 1. The van der Waals surface area contributed by atoms with Gasteiger partial charge in [0.2, 0.25) is 0 Å². The van der Waals surface area contributed by atoms with E-state index in [1.54, 1.807) is 25.1 Å². The first-order valence-electron chi connectivity index (χ1n) is 6.55. The van der Waals surface area contributed by atoms with E-state index in [4.69, 9.17) is 4.74 Å². The molecular formula is C14H20N2O3. The summed E-state index contributed by atoms with van der Waals surface area (Å²) in [5, 5.41) is 12.5. The molecule has 0 aromatic heterocycles. The van der Waals surface area contributed by atoms with E-state index in [0.717, 1.165) is 32.8 Å². The number of carbonyl (C=O) groups is 1. The minimum atomic E-state index is -0.137. The molecule has 0 unspecified atom stereocenters. The Morgan fingerprint density at radius 1 is 1.42 bits per heavy atom. The Morgan fingerprint density at radius 2 is 2.16 bits per heavy atom. The number of hydrogen-bond donors (Lipinski definition) is 2. The van der Waals surface area contributed by atoms with Crippen molar-refractivity contribution in [2.75, 3.05) is 39.4 Å². The van der Waals surface area contributed by atoms with Crippen LogP contribution in [0.15, 0.2) is 18.2 Å². The highest BCUT2D eigenvalue weighted by Gasteiger charge is 2.13. The zero-order valence-electron chi connectivity index (χ0n) is 11.2. The Kier molecular flexibility index (Phi) is 4.76. The third-order valence-electron chi connectivity index (χ3n) is 3.37. The molecule has 1 fully saturated rings. The molecule has 1 aromatic rings. The number of phenols is 1. The van der Waals surface area contributed by atoms with Crippen LogP contribution in [0.5, 0.6) is 5.75 Å². The molecule has 0 saturated carbocycles. The molecule has 5 heteroatoms. The summed E-state index contributed by atoms with van der Waals surface area (Å²) in [6, 6.07) is 4.98. The smallest absolute Gasteiger partial charge is 0.251 e. The minimum Gasteiger partial charge on any atom is -0.508 e. The zero-order valence-corrected chi connectivity index (χ0v) is 11.2. The van der Waals surface area contributed by atoms with Crippen LogP contribution < -0.4 is 5.32 Å². The maximum absolute atomic E-state index is 12.0. The van der Waals surface area contributed by atoms with Gasteiger partial charge < -0.3 is 15.2 Å². The first-order valence-corrected chi connectivity index (χ1v) is 6.55. The molecular weight excluding hydrogens is 244 g/mol. The molecule has 0 radical (unpaired) electrons. The van der Waals surface area contributed by atoms with Gasteiger partial charge in [-0.3, -0.25) is 9.69 Å². The van der Waals surface area contributed by atoms with Gasteiger partial charge in [-0.2, -0.15) is 0 Å². The van der Waals surface area contributed by atoms with Gasteiger partial charge in [0, 0.05) is 37.3 Å². The average Bonchev–Trinajstić information content (AvgIpc) is 2.43. The summed E-state index contributed by atoms with van der Waals surface area (Å²) in [6.45, 7) is 6.54. The lowest BCUT2D eigenvalue weighted by Gasteiger charge is -2.26. The normalized spacial score (nSPS) is 16.3. The Balaban J connectivity index is 1.82. The van der Waals surface area contributed by atoms with Crippen LogP contribution in [0.1, 0.15) is 15.9 Å². The highest BCUT2D eigenvalue weighted by atomic mass is 16.5. The van der Waals surface area contributed by atoms with Crippen molar-refractivity contribution in [1.29, 1.82) is 0 Å². The van der Waals surface area contributed by atoms with Gasteiger partial charge in [-0.25, -0.2) is 0 Å². The minimum absolute atomic E-state index is 0.137. The van der Waals surface area contributed by atoms with Crippen molar-refractivity contribution in [1.82, 2.24) is 10.2 Å². The Morgan fingerprint density at radius 3 is 2.89 bits per heavy atom. The molecule has 1 heterocycles. The molecule has 1 aliphatic heterocycles. The molecule has 0 atom stereocenters. The Labute approximate surface area is 113 Å². The molecule has 0 aliphatic carbocycles. The molecule has 0 spiro atoms. The number of benzene rings is 1. The second kappa shape index (κ2) is 6.54. The highest BCUT2D eigenvalue weighted by molar-refractivity contribution is 5.96. The summed E-state index contributed by atoms with van der Waals surface area (Å²) < 4.78 is 5.27. The quantitative estimate of drug-likeness (QED) is 0.843. The lowest BCUT2D eigenvalue weighted by Crippen LogP contribution is -2.41. The summed E-state index contributed by atoms with van der Waals surface area (Å²) in [6.07, 6.45) is 0. The van der Waals surface area contributed by atoms with Gasteiger partial charge in [0.05, 0.1) is 13.2 Å². The van der Waals surface area contributed by atoms with Crippen molar-refractivity contribution < 1.29 is 14.6 Å². The number of nitrogens with one attached hydrogen (secondary N) is 1. The van der Waals surface area contributed by atoms with Crippen LogP contribution >= 0.6 is 0 Å². The number of amides is 1. The number of hydrogen-bond acceptors (Lipinski definition) is 4. The fourth-order valence-electron chi connectivity index (χ4n) is 2.12. The van der Waals surface area contributed by atoms with E-state index in [-0.39, 0.29) is 11.7 Å². The number of nitrogens with zero attached hydrogens (tertiary/aromatic N) is 1. The van der Waals surface area contributed by atoms with Crippen LogP contribution in [0.25, 0.3) is 0 Å². The van der Waals surface area contributed by atoms with Crippen LogP contribution in [0.3, 0.4) is 0 Å². The molecule has 2 N–H and O–H groups in total. The van der Waals surface area contributed by atoms with E-state index in [9.17, 15) is 9.90 Å². The molecule has 2 rings (SSSR count). The van der Waals surface area contributed by atoms with E-state index in [2.05, 4.69) is 10.2 Å². The summed E-state index contributed by atoms with van der Waals surface area (Å²) >= 11 is 0. The van der Waals surface area contributed by atoms with E-state index in [0.29, 0.717) is 17.7 Å². The van der Waals surface area contributed by atoms with E-state index in [1.807, 2.05) is 0 Å². The van der Waals surface area contributed by atoms with Gasteiger partial charge >= 0.3 is 0 Å². The summed E-state index contributed by atoms with van der Waals surface area (Å²) in [5.74, 6) is 0.0162. The van der Waals surface area contributed by atoms with E-state index >= 15 is 0 Å². The molecule has 0 bridgehead atoms. The number of aromatic hydroxyl groups is 1. The average molecular weight is 264 g/mol. The van der Waals surface area contributed by atoms with E-state index < -0.39 is 0 Å². The van der Waals surface area contributed by atoms with Gasteiger partial charge in [-0.05, 0) is 19.1 Å². The number of ether oxygens (including phenoxy) is 1. The van der Waals surface area contributed by atoms with Crippen LogP contribution in [-0.4, -0.2) is 55.3 Å². The van der Waals surface area contributed by atoms with Crippen LogP contribution in [0.4, 0.5) is 0 Å². The lowest BCUT2D eigenvalue weighted by atomic mass is 10.1. The number of rotatable bonds is 4. The summed E-state index contributed by atoms with van der Waals surface area (Å²) in [5.41, 5.74) is 1.15. The van der Waals surface area contributed by atoms with Crippen LogP contribution in [0.2, 0.25) is 0 Å². The number of carbonyl (C=O) groups excluding carboxylic acids is 1. The monoisotopic (exact) mass is 264 g/mol. The molecule has 19 heavy (non-hydrogen) atoms. The first-order chi connectivity index (χ1) is 9.18. The molecule has 5 nitrogen and oxygen atoms in total. The van der Waals surface area contributed by atoms with Gasteiger partial charge in [0.1, 0.15) is 5.75 Å². The maximum Gasteiger partial charge on any atom is 0.251 e. The van der Waals surface area contributed by atoms with Crippen molar-refractivity contribution in [3.8, 4) is 5.75 Å². The van der Waals surface area contributed by atoms with Crippen molar-refractivity contribution in [2.24, 2.45) is 0 Å². The Hall–Kier alpha value is -1.59. The molecule has 1 aliphatic rings. The lowest BCUT2D eigenvalue weighted by molar-refractivity contribution is 0.0383. The van der Waals surface area contributed by atoms with Crippen molar-refractivity contribution >= 4 is 5.91 Å². The largest absolute Gasteiger partial charge is 0.508 e. The van der Waals surface area contributed by atoms with Gasteiger partial charge in [-0.15, -0.1) is 0 Å².